The van der Waals surface area contributed by atoms with Crippen LogP contribution in [0.5, 0.6) is 0 Å². The SMILES string of the molecule is C[C@@H](OC(=O)c1ccccc1)[C@@H]1O[C@@H](O[C@H]2[C@@H]([C@@H](COC(=O)c3ccccc3)OC(=O)c3ccccc3)OC(=O)[C@H]2OC(=O)c2ccccc2)[C@H](OC(=O)c2ccccc2)[C@H]1OC(=O)c1ccccc1. The summed E-state index contributed by atoms with van der Waals surface area (Å²) in [6.07, 6.45) is -15.1. The van der Waals surface area contributed by atoms with E-state index in [2.05, 4.69) is 0 Å². The maximum atomic E-state index is 14.1. The fourth-order valence-electron chi connectivity index (χ4n) is 7.64. The summed E-state index contributed by atoms with van der Waals surface area (Å²) >= 11 is 0. The summed E-state index contributed by atoms with van der Waals surface area (Å²) < 4.78 is 54.4. The Labute approximate surface area is 400 Å². The average molecular weight is 949 g/mol. The largest absolute Gasteiger partial charge is 0.458 e. The number of benzene rings is 6. The predicted octanol–water partition coefficient (Wildman–Crippen LogP) is 7.03. The van der Waals surface area contributed by atoms with Gasteiger partial charge < -0.3 is 42.6 Å². The molecule has 0 spiro atoms. The van der Waals surface area contributed by atoms with Crippen LogP contribution in [0.4, 0.5) is 0 Å². The maximum Gasteiger partial charge on any atom is 0.350 e. The van der Waals surface area contributed by atoms with Gasteiger partial charge in [0.2, 0.25) is 6.10 Å². The summed E-state index contributed by atoms with van der Waals surface area (Å²) in [7, 11) is 0. The lowest BCUT2D eigenvalue weighted by molar-refractivity contribution is -0.224. The molecular weight excluding hydrogens is 905 g/mol. The first-order chi connectivity index (χ1) is 34.0. The van der Waals surface area contributed by atoms with Crippen LogP contribution in [0.2, 0.25) is 0 Å². The van der Waals surface area contributed by atoms with Crippen molar-refractivity contribution < 1.29 is 76.2 Å². The van der Waals surface area contributed by atoms with Gasteiger partial charge in [-0.15, -0.1) is 0 Å². The van der Waals surface area contributed by atoms with Gasteiger partial charge in [-0.25, -0.2) is 33.6 Å². The molecule has 0 unspecified atom stereocenters. The van der Waals surface area contributed by atoms with Gasteiger partial charge in [0.25, 0.3) is 0 Å². The average Bonchev–Trinajstić information content (AvgIpc) is 3.90. The molecule has 70 heavy (non-hydrogen) atoms. The summed E-state index contributed by atoms with van der Waals surface area (Å²) in [5, 5.41) is 0. The summed E-state index contributed by atoms with van der Waals surface area (Å²) in [5.41, 5.74) is 0.614. The first kappa shape index (κ1) is 48.0. The van der Waals surface area contributed by atoms with E-state index in [1.807, 2.05) is 0 Å². The van der Waals surface area contributed by atoms with Gasteiger partial charge in [-0.05, 0) is 79.7 Å². The van der Waals surface area contributed by atoms with Crippen molar-refractivity contribution in [3.8, 4) is 0 Å². The maximum absolute atomic E-state index is 14.1. The molecule has 0 saturated carbocycles. The van der Waals surface area contributed by atoms with Crippen molar-refractivity contribution in [1.29, 1.82) is 0 Å². The highest BCUT2D eigenvalue weighted by molar-refractivity contribution is 5.93. The number of hydrogen-bond acceptors (Lipinski definition) is 16. The zero-order valence-corrected chi connectivity index (χ0v) is 37.3. The second kappa shape index (κ2) is 22.6. The molecule has 0 N–H and O–H groups in total. The van der Waals surface area contributed by atoms with Crippen LogP contribution in [-0.4, -0.2) is 104 Å². The Kier molecular flexibility index (Phi) is 15.5. The lowest BCUT2D eigenvalue weighted by atomic mass is 10.0. The van der Waals surface area contributed by atoms with Gasteiger partial charge in [-0.1, -0.05) is 109 Å². The summed E-state index contributed by atoms with van der Waals surface area (Å²) in [6.45, 7) is 0.733. The third kappa shape index (κ3) is 11.6. The van der Waals surface area contributed by atoms with Crippen LogP contribution in [0.25, 0.3) is 0 Å². The Hall–Kier alpha value is -8.47. The second-order valence-electron chi connectivity index (χ2n) is 15.9. The minimum atomic E-state index is -1.95. The number of rotatable bonds is 17. The van der Waals surface area contributed by atoms with Gasteiger partial charge in [-0.3, -0.25) is 0 Å². The molecule has 2 heterocycles. The first-order valence-electron chi connectivity index (χ1n) is 22.1. The summed E-state index contributed by atoms with van der Waals surface area (Å²) in [5.74, 6) is -6.49. The molecule has 0 aromatic heterocycles. The Bertz CT molecular complexity index is 2760. The smallest absolute Gasteiger partial charge is 0.350 e. The van der Waals surface area contributed by atoms with Gasteiger partial charge in [-0.2, -0.15) is 0 Å². The number of cyclic esters (lactones) is 1. The molecule has 0 radical (unpaired) electrons. The molecule has 0 bridgehead atoms. The number of carbonyl (C=O) groups is 7. The van der Waals surface area contributed by atoms with Crippen molar-refractivity contribution in [3.05, 3.63) is 215 Å². The van der Waals surface area contributed by atoms with E-state index in [1.165, 1.54) is 79.7 Å². The highest BCUT2D eigenvalue weighted by Crippen LogP contribution is 2.37. The molecular formula is C54H44O16. The van der Waals surface area contributed by atoms with Crippen LogP contribution in [0, 0.1) is 0 Å². The topological polar surface area (TPSA) is 203 Å². The Morgan fingerprint density at radius 1 is 0.443 bits per heavy atom. The fourth-order valence-corrected chi connectivity index (χ4v) is 7.64. The molecule has 6 aromatic carbocycles. The van der Waals surface area contributed by atoms with Crippen LogP contribution >= 0.6 is 0 Å². The van der Waals surface area contributed by atoms with Gasteiger partial charge in [0.05, 0.1) is 33.4 Å². The quantitative estimate of drug-likeness (QED) is 0.0666. The third-order valence-corrected chi connectivity index (χ3v) is 11.1. The van der Waals surface area contributed by atoms with Crippen LogP contribution in [-0.2, 0) is 47.4 Å². The summed E-state index contributed by atoms with van der Waals surface area (Å²) in [4.78, 5) is 96.4. The Morgan fingerprint density at radius 3 is 1.26 bits per heavy atom. The van der Waals surface area contributed by atoms with E-state index in [4.69, 9.17) is 42.6 Å². The Morgan fingerprint density at radius 2 is 0.814 bits per heavy atom. The number of esters is 7. The van der Waals surface area contributed by atoms with Crippen molar-refractivity contribution in [2.75, 3.05) is 6.61 Å². The highest BCUT2D eigenvalue weighted by Gasteiger charge is 2.59. The lowest BCUT2D eigenvalue weighted by Crippen LogP contribution is -2.50. The molecule has 8 rings (SSSR count). The van der Waals surface area contributed by atoms with Crippen LogP contribution in [0.1, 0.15) is 69.1 Å². The van der Waals surface area contributed by atoms with E-state index >= 15 is 0 Å². The normalized spacial score (nSPS) is 21.2. The fraction of sp³-hybridized carbons (Fsp3) is 0.204. The Balaban J connectivity index is 1.19. The van der Waals surface area contributed by atoms with Crippen molar-refractivity contribution in [1.82, 2.24) is 0 Å². The first-order valence-corrected chi connectivity index (χ1v) is 22.1. The molecule has 2 aliphatic rings. The van der Waals surface area contributed by atoms with E-state index in [0.29, 0.717) is 0 Å². The molecule has 6 aromatic rings. The lowest BCUT2D eigenvalue weighted by Gasteiger charge is -2.31. The molecule has 2 fully saturated rings. The van der Waals surface area contributed by atoms with Gasteiger partial charge in [0.1, 0.15) is 24.9 Å². The van der Waals surface area contributed by atoms with Gasteiger partial charge >= 0.3 is 41.8 Å². The zero-order chi connectivity index (χ0) is 49.0. The van der Waals surface area contributed by atoms with Crippen LogP contribution in [0.3, 0.4) is 0 Å². The van der Waals surface area contributed by atoms with Crippen LogP contribution < -0.4 is 0 Å². The number of ether oxygens (including phenoxy) is 9. The monoisotopic (exact) mass is 948 g/mol. The van der Waals surface area contributed by atoms with E-state index < -0.39 is 104 Å². The minimum Gasteiger partial charge on any atom is -0.458 e. The molecule has 0 aliphatic carbocycles. The summed E-state index contributed by atoms with van der Waals surface area (Å²) in [6, 6.07) is 47.1. The van der Waals surface area contributed by atoms with E-state index in [-0.39, 0.29) is 33.4 Å². The molecule has 16 nitrogen and oxygen atoms in total. The van der Waals surface area contributed by atoms with Crippen molar-refractivity contribution >= 4 is 41.8 Å². The molecule has 16 heteroatoms. The van der Waals surface area contributed by atoms with Crippen molar-refractivity contribution in [2.45, 2.75) is 62.0 Å². The highest BCUT2D eigenvalue weighted by atomic mass is 16.8. The number of hydrogen-bond donors (Lipinski definition) is 0. The number of carbonyl (C=O) groups excluding carboxylic acids is 7. The van der Waals surface area contributed by atoms with E-state index in [9.17, 15) is 33.6 Å². The van der Waals surface area contributed by atoms with E-state index in [0.717, 1.165) is 0 Å². The van der Waals surface area contributed by atoms with E-state index in [1.54, 1.807) is 109 Å². The molecule has 2 aliphatic heterocycles. The van der Waals surface area contributed by atoms with Gasteiger partial charge in [0, 0.05) is 0 Å². The standard InChI is InChI=1S/C54H44O16/c1-33(63-48(56)35-22-10-3-11-23-35)41-43(66-50(58)37-26-14-5-15-27-37)46(68-52(60)39-30-18-7-19-31-39)54(69-41)70-44-42(65-53(61)45(44)67-51(59)38-28-16-6-17-29-38)40(64-49(57)36-24-12-4-13-25-36)32-62-47(55)34-20-8-2-9-21-34/h2-31,33,40-46,54H,32H2,1H3/t33-,40-,41+,42-,43+,44+,45+,46-,54+/m1/s1. The molecule has 356 valence electrons. The predicted molar refractivity (Wildman–Crippen MR) is 244 cm³/mol. The molecule has 2 saturated heterocycles. The zero-order valence-electron chi connectivity index (χ0n) is 37.3. The van der Waals surface area contributed by atoms with Crippen LogP contribution in [0.15, 0.2) is 182 Å². The van der Waals surface area contributed by atoms with Crippen molar-refractivity contribution in [3.63, 3.8) is 0 Å². The van der Waals surface area contributed by atoms with Crippen molar-refractivity contribution in [2.24, 2.45) is 0 Å². The third-order valence-electron chi connectivity index (χ3n) is 11.1. The molecule has 9 atom stereocenters. The van der Waals surface area contributed by atoms with Gasteiger partial charge in [0.15, 0.2) is 30.7 Å². The molecule has 0 amide bonds. The minimum absolute atomic E-state index is 0.0372. The second-order valence-corrected chi connectivity index (χ2v) is 15.9.